The van der Waals surface area contributed by atoms with Crippen LogP contribution < -0.4 is 9.80 Å². The molecule has 0 amide bonds. The first kappa shape index (κ1) is 16.1. The number of carboxylic acid groups (broad SMARTS) is 1. The summed E-state index contributed by atoms with van der Waals surface area (Å²) in [4.78, 5) is 28.7. The molecule has 1 saturated heterocycles. The molecule has 3 heterocycles. The number of halogens is 1. The molecule has 2 unspecified atom stereocenters. The van der Waals surface area contributed by atoms with Gasteiger partial charge >= 0.3 is 5.97 Å². The van der Waals surface area contributed by atoms with Crippen LogP contribution in [0.1, 0.15) is 54.4 Å². The third kappa shape index (κ3) is 2.27. The highest BCUT2D eigenvalue weighted by molar-refractivity contribution is 6.14. The Labute approximate surface area is 151 Å². The number of nitrogens with zero attached hydrogens (tertiary/aromatic N) is 2. The predicted molar refractivity (Wildman–Crippen MR) is 95.5 cm³/mol. The van der Waals surface area contributed by atoms with Gasteiger partial charge in [0.15, 0.2) is 5.78 Å². The van der Waals surface area contributed by atoms with Crippen molar-refractivity contribution in [2.75, 3.05) is 22.9 Å². The number of carbonyl (C=O) groups is 2. The molecule has 5 nitrogen and oxygen atoms in total. The lowest BCUT2D eigenvalue weighted by molar-refractivity contribution is -0.139. The summed E-state index contributed by atoms with van der Waals surface area (Å²) in [6.07, 6.45) is 7.00. The second-order valence-corrected chi connectivity index (χ2v) is 8.10. The zero-order chi connectivity index (χ0) is 18.0. The van der Waals surface area contributed by atoms with Gasteiger partial charge in [0, 0.05) is 36.3 Å². The van der Waals surface area contributed by atoms with E-state index < -0.39 is 17.7 Å². The average molecular weight is 358 g/mol. The fourth-order valence-electron chi connectivity index (χ4n) is 5.16. The van der Waals surface area contributed by atoms with Crippen LogP contribution in [-0.4, -0.2) is 42.0 Å². The van der Waals surface area contributed by atoms with Gasteiger partial charge in [-0.25, -0.2) is 4.39 Å². The summed E-state index contributed by atoms with van der Waals surface area (Å²) in [6, 6.07) is 2.00. The highest BCUT2D eigenvalue weighted by atomic mass is 19.1. The molecule has 2 fully saturated rings. The van der Waals surface area contributed by atoms with Gasteiger partial charge < -0.3 is 14.9 Å². The molecule has 5 rings (SSSR count). The van der Waals surface area contributed by atoms with Crippen LogP contribution in [0.2, 0.25) is 0 Å². The van der Waals surface area contributed by atoms with Gasteiger partial charge in [0.1, 0.15) is 11.7 Å². The number of hydrogen-bond acceptors (Lipinski definition) is 4. The first-order chi connectivity index (χ1) is 12.6. The molecule has 1 aliphatic carbocycles. The maximum atomic E-state index is 15.2. The molecule has 0 bridgehead atoms. The van der Waals surface area contributed by atoms with Crippen molar-refractivity contribution in [3.63, 3.8) is 0 Å². The van der Waals surface area contributed by atoms with E-state index in [4.69, 9.17) is 0 Å². The second kappa shape index (κ2) is 5.69. The van der Waals surface area contributed by atoms with Crippen LogP contribution in [0.4, 0.5) is 15.8 Å². The molecular formula is C20H23FN2O3. The van der Waals surface area contributed by atoms with Crippen molar-refractivity contribution in [1.82, 2.24) is 0 Å². The molecule has 1 aromatic rings. The SMILES string of the molecule is O=C(O)C1CN(C2CC2)c2c(cc(F)c3c2CCCC2CCCN32)C1=O. The zero-order valence-corrected chi connectivity index (χ0v) is 14.7. The molecule has 26 heavy (non-hydrogen) atoms. The van der Waals surface area contributed by atoms with E-state index >= 15 is 4.39 Å². The van der Waals surface area contributed by atoms with Crippen molar-refractivity contribution in [2.24, 2.45) is 5.92 Å². The molecule has 0 radical (unpaired) electrons. The summed E-state index contributed by atoms with van der Waals surface area (Å²) in [6.45, 7) is 1.08. The Bertz CT molecular complexity index is 805. The predicted octanol–water partition coefficient (Wildman–Crippen LogP) is 3.00. The van der Waals surface area contributed by atoms with E-state index in [-0.39, 0.29) is 24.0 Å². The number of fused-ring (bicyclic) bond motifs is 5. The average Bonchev–Trinajstić information content (AvgIpc) is 3.38. The van der Waals surface area contributed by atoms with Crippen LogP contribution in [0.3, 0.4) is 0 Å². The summed E-state index contributed by atoms with van der Waals surface area (Å²) in [5.74, 6) is -3.00. The molecule has 1 N–H and O–H groups in total. The number of Topliss-reactive ketones (excluding diaryl/α,β-unsaturated/α-hetero) is 1. The lowest BCUT2D eigenvalue weighted by Crippen LogP contribution is -2.45. The van der Waals surface area contributed by atoms with E-state index in [1.807, 2.05) is 0 Å². The largest absolute Gasteiger partial charge is 0.481 e. The quantitative estimate of drug-likeness (QED) is 0.824. The number of carbonyl (C=O) groups excluding carboxylic acids is 1. The molecular weight excluding hydrogens is 335 g/mol. The maximum absolute atomic E-state index is 15.2. The van der Waals surface area contributed by atoms with E-state index in [1.165, 1.54) is 6.07 Å². The fourth-order valence-corrected chi connectivity index (χ4v) is 5.16. The van der Waals surface area contributed by atoms with Crippen LogP contribution in [0.25, 0.3) is 0 Å². The van der Waals surface area contributed by atoms with Crippen LogP contribution >= 0.6 is 0 Å². The van der Waals surface area contributed by atoms with Crippen molar-refractivity contribution >= 4 is 23.1 Å². The smallest absolute Gasteiger partial charge is 0.316 e. The Morgan fingerprint density at radius 1 is 1.08 bits per heavy atom. The molecule has 138 valence electrons. The molecule has 1 aromatic carbocycles. The molecule has 3 aliphatic heterocycles. The lowest BCUT2D eigenvalue weighted by atomic mass is 9.87. The van der Waals surface area contributed by atoms with Gasteiger partial charge in [-0.05, 0) is 51.0 Å². The molecule has 1 saturated carbocycles. The lowest BCUT2D eigenvalue weighted by Gasteiger charge is -2.37. The highest BCUT2D eigenvalue weighted by Gasteiger charge is 2.45. The Balaban J connectivity index is 1.72. The summed E-state index contributed by atoms with van der Waals surface area (Å²) < 4.78 is 15.2. The first-order valence-electron chi connectivity index (χ1n) is 9.72. The van der Waals surface area contributed by atoms with E-state index in [9.17, 15) is 14.7 Å². The van der Waals surface area contributed by atoms with E-state index in [0.717, 1.165) is 62.7 Å². The van der Waals surface area contributed by atoms with Crippen molar-refractivity contribution < 1.29 is 19.1 Å². The maximum Gasteiger partial charge on any atom is 0.316 e. The minimum Gasteiger partial charge on any atom is -0.481 e. The van der Waals surface area contributed by atoms with Gasteiger partial charge in [-0.15, -0.1) is 0 Å². The normalized spacial score (nSPS) is 27.7. The van der Waals surface area contributed by atoms with Gasteiger partial charge in [-0.2, -0.15) is 0 Å². The Kier molecular flexibility index (Phi) is 3.52. The Morgan fingerprint density at radius 2 is 1.81 bits per heavy atom. The topological polar surface area (TPSA) is 60.9 Å². The van der Waals surface area contributed by atoms with Gasteiger partial charge in [0.25, 0.3) is 0 Å². The van der Waals surface area contributed by atoms with Crippen LogP contribution in [0.15, 0.2) is 6.07 Å². The van der Waals surface area contributed by atoms with Crippen molar-refractivity contribution in [1.29, 1.82) is 0 Å². The number of benzene rings is 1. The van der Waals surface area contributed by atoms with Gasteiger partial charge in [-0.3, -0.25) is 9.59 Å². The Hall–Kier alpha value is -2.11. The minimum absolute atomic E-state index is 0.216. The number of carboxylic acids is 1. The van der Waals surface area contributed by atoms with Gasteiger partial charge in [-0.1, -0.05) is 0 Å². The summed E-state index contributed by atoms with van der Waals surface area (Å²) in [7, 11) is 0. The fraction of sp³-hybridized carbons (Fsp3) is 0.600. The summed E-state index contributed by atoms with van der Waals surface area (Å²) in [5, 5.41) is 9.48. The van der Waals surface area contributed by atoms with Crippen LogP contribution in [0.5, 0.6) is 0 Å². The highest BCUT2D eigenvalue weighted by Crippen LogP contribution is 2.47. The van der Waals surface area contributed by atoms with Crippen LogP contribution in [0, 0.1) is 11.7 Å². The van der Waals surface area contributed by atoms with E-state index in [2.05, 4.69) is 9.80 Å². The summed E-state index contributed by atoms with van der Waals surface area (Å²) >= 11 is 0. The minimum atomic E-state index is -1.11. The number of anilines is 2. The number of aliphatic carboxylic acids is 1. The number of ketones is 1. The van der Waals surface area contributed by atoms with E-state index in [0.29, 0.717) is 11.7 Å². The number of hydrogen-bond donors (Lipinski definition) is 1. The number of rotatable bonds is 2. The molecule has 0 spiro atoms. The van der Waals surface area contributed by atoms with Gasteiger partial charge in [0.05, 0.1) is 11.4 Å². The van der Waals surface area contributed by atoms with Gasteiger partial charge in [0.2, 0.25) is 0 Å². The third-order valence-electron chi connectivity index (χ3n) is 6.49. The first-order valence-corrected chi connectivity index (χ1v) is 9.72. The molecule has 0 aromatic heterocycles. The summed E-state index contributed by atoms with van der Waals surface area (Å²) in [5.41, 5.74) is 2.73. The monoisotopic (exact) mass is 358 g/mol. The van der Waals surface area contributed by atoms with Crippen molar-refractivity contribution in [2.45, 2.75) is 57.0 Å². The standard InChI is InChI=1S/C20H23FN2O3/c21-16-9-14-17(13-5-1-3-11-4-2-8-22(11)18(13)16)23(12-6-7-12)10-15(19(14)24)20(25)26/h9,11-12,15H,1-8,10H2,(H,25,26). The Morgan fingerprint density at radius 3 is 2.54 bits per heavy atom. The van der Waals surface area contributed by atoms with E-state index in [1.54, 1.807) is 0 Å². The van der Waals surface area contributed by atoms with Crippen molar-refractivity contribution in [3.8, 4) is 0 Å². The zero-order valence-electron chi connectivity index (χ0n) is 14.7. The second-order valence-electron chi connectivity index (χ2n) is 8.10. The molecule has 4 aliphatic rings. The molecule has 6 heteroatoms. The van der Waals surface area contributed by atoms with Crippen LogP contribution in [-0.2, 0) is 11.2 Å². The third-order valence-corrected chi connectivity index (χ3v) is 6.49. The van der Waals surface area contributed by atoms with Crippen molar-refractivity contribution in [3.05, 3.63) is 23.0 Å². The molecule has 2 atom stereocenters.